The van der Waals surface area contributed by atoms with Crippen molar-refractivity contribution in [2.24, 2.45) is 7.05 Å². The van der Waals surface area contributed by atoms with Gasteiger partial charge in [0.15, 0.2) is 5.82 Å². The Hall–Kier alpha value is -3.61. The molecule has 4 rings (SSSR count). The number of benzene rings is 2. The number of aryl methyl sites for hydroxylation is 2. The summed E-state index contributed by atoms with van der Waals surface area (Å²) in [4.78, 5) is 27.6. The number of ether oxygens (including phenoxy) is 1. The van der Waals surface area contributed by atoms with E-state index in [4.69, 9.17) is 4.74 Å². The summed E-state index contributed by atoms with van der Waals surface area (Å²) in [6.45, 7) is 6.40. The predicted octanol–water partition coefficient (Wildman–Crippen LogP) is 4.14. The molecule has 2 aromatic carbocycles. The lowest BCUT2D eigenvalue weighted by atomic mass is 10.0. The molecule has 0 saturated carbocycles. The summed E-state index contributed by atoms with van der Waals surface area (Å²) in [6.07, 6.45) is 1.74. The maximum Gasteiger partial charge on any atom is 0.257 e. The second kappa shape index (κ2) is 7.67. The van der Waals surface area contributed by atoms with E-state index in [-0.39, 0.29) is 17.9 Å². The van der Waals surface area contributed by atoms with Crippen molar-refractivity contribution in [2.45, 2.75) is 33.4 Å². The van der Waals surface area contributed by atoms with Crippen molar-refractivity contribution >= 4 is 17.6 Å². The van der Waals surface area contributed by atoms with Crippen molar-refractivity contribution in [3.05, 3.63) is 70.9 Å². The van der Waals surface area contributed by atoms with Crippen LogP contribution in [-0.4, -0.2) is 32.5 Å². The summed E-state index contributed by atoms with van der Waals surface area (Å²) < 4.78 is 7.72. The van der Waals surface area contributed by atoms with E-state index in [2.05, 4.69) is 10.4 Å². The standard InChI is InChI=1S/C23H24N4O3/c1-14(2)27-13-19-18(23(27)29)11-16(22(28)24-21-9-10-26(4)25-21)12-20(19)30-17-7-5-15(3)6-8-17/h5-12,14H,13H2,1-4H3,(H,24,25,28). The number of amides is 2. The van der Waals surface area contributed by atoms with E-state index < -0.39 is 0 Å². The van der Waals surface area contributed by atoms with Crippen molar-refractivity contribution < 1.29 is 14.3 Å². The van der Waals surface area contributed by atoms with Gasteiger partial charge < -0.3 is 15.0 Å². The molecule has 0 bridgehead atoms. The minimum Gasteiger partial charge on any atom is -0.457 e. The first kappa shape index (κ1) is 19.7. The first-order valence-electron chi connectivity index (χ1n) is 9.85. The third-order valence-electron chi connectivity index (χ3n) is 5.12. The molecule has 0 unspecified atom stereocenters. The molecule has 1 N–H and O–H groups in total. The molecule has 7 heteroatoms. The topological polar surface area (TPSA) is 76.5 Å². The molecule has 1 aromatic heterocycles. The molecule has 0 saturated heterocycles. The summed E-state index contributed by atoms with van der Waals surface area (Å²) in [5, 5.41) is 6.94. The van der Waals surface area contributed by atoms with Crippen LogP contribution in [0.1, 0.15) is 45.7 Å². The van der Waals surface area contributed by atoms with E-state index in [9.17, 15) is 9.59 Å². The molecular weight excluding hydrogens is 380 g/mol. The molecule has 0 aliphatic carbocycles. The number of hydrogen-bond donors (Lipinski definition) is 1. The zero-order valence-corrected chi connectivity index (χ0v) is 17.5. The van der Waals surface area contributed by atoms with Crippen LogP contribution in [0.3, 0.4) is 0 Å². The fourth-order valence-electron chi connectivity index (χ4n) is 3.44. The average Bonchev–Trinajstić information content (AvgIpc) is 3.27. The van der Waals surface area contributed by atoms with E-state index in [0.717, 1.165) is 11.1 Å². The van der Waals surface area contributed by atoms with Gasteiger partial charge >= 0.3 is 0 Å². The molecule has 0 fully saturated rings. The zero-order valence-electron chi connectivity index (χ0n) is 17.5. The minimum absolute atomic E-state index is 0.0444. The van der Waals surface area contributed by atoms with E-state index >= 15 is 0 Å². The van der Waals surface area contributed by atoms with E-state index in [1.165, 1.54) is 0 Å². The van der Waals surface area contributed by atoms with Gasteiger partial charge in [-0.25, -0.2) is 0 Å². The summed E-state index contributed by atoms with van der Waals surface area (Å²) >= 11 is 0. The van der Waals surface area contributed by atoms with E-state index in [0.29, 0.717) is 35.0 Å². The monoisotopic (exact) mass is 404 g/mol. The molecule has 3 aromatic rings. The third-order valence-corrected chi connectivity index (χ3v) is 5.12. The molecule has 0 radical (unpaired) electrons. The second-order valence-corrected chi connectivity index (χ2v) is 7.77. The highest BCUT2D eigenvalue weighted by molar-refractivity contribution is 6.07. The number of hydrogen-bond acceptors (Lipinski definition) is 4. The quantitative estimate of drug-likeness (QED) is 0.693. The van der Waals surface area contributed by atoms with Gasteiger partial charge in [0.05, 0.1) is 6.54 Å². The molecule has 1 aliphatic heterocycles. The Morgan fingerprint density at radius 1 is 1.17 bits per heavy atom. The third kappa shape index (κ3) is 3.78. The summed E-state index contributed by atoms with van der Waals surface area (Å²) in [5.74, 6) is 1.17. The number of anilines is 1. The molecule has 2 heterocycles. The highest BCUT2D eigenvalue weighted by Crippen LogP contribution is 2.36. The number of nitrogens with zero attached hydrogens (tertiary/aromatic N) is 3. The normalized spacial score (nSPS) is 13.0. The number of rotatable bonds is 5. The van der Waals surface area contributed by atoms with Crippen LogP contribution < -0.4 is 10.1 Å². The zero-order chi connectivity index (χ0) is 21.4. The van der Waals surface area contributed by atoms with Gasteiger partial charge in [0.2, 0.25) is 0 Å². The Morgan fingerprint density at radius 3 is 2.53 bits per heavy atom. The molecular formula is C23H24N4O3. The highest BCUT2D eigenvalue weighted by atomic mass is 16.5. The maximum absolute atomic E-state index is 12.9. The van der Waals surface area contributed by atoms with Crippen LogP contribution in [-0.2, 0) is 13.6 Å². The van der Waals surface area contributed by atoms with Crippen LogP contribution in [0.15, 0.2) is 48.7 Å². The van der Waals surface area contributed by atoms with Gasteiger partial charge in [-0.05, 0) is 45.0 Å². The van der Waals surface area contributed by atoms with E-state index in [1.54, 1.807) is 41.0 Å². The SMILES string of the molecule is Cc1ccc(Oc2cc(C(=O)Nc3ccn(C)n3)cc3c2CN(C(C)C)C3=O)cc1. The van der Waals surface area contributed by atoms with Gasteiger partial charge in [0, 0.05) is 42.0 Å². The maximum atomic E-state index is 12.9. The summed E-state index contributed by atoms with van der Waals surface area (Å²) in [5.41, 5.74) is 2.76. The minimum atomic E-state index is -0.346. The molecule has 154 valence electrons. The van der Waals surface area contributed by atoms with Gasteiger partial charge in [0.1, 0.15) is 11.5 Å². The second-order valence-electron chi connectivity index (χ2n) is 7.77. The Kier molecular flexibility index (Phi) is 5.03. The highest BCUT2D eigenvalue weighted by Gasteiger charge is 2.33. The van der Waals surface area contributed by atoms with Crippen LogP contribution in [0.5, 0.6) is 11.5 Å². The van der Waals surface area contributed by atoms with Crippen LogP contribution in [0.2, 0.25) is 0 Å². The average molecular weight is 404 g/mol. The van der Waals surface area contributed by atoms with Gasteiger partial charge in [-0.15, -0.1) is 0 Å². The van der Waals surface area contributed by atoms with Crippen LogP contribution in [0.25, 0.3) is 0 Å². The number of fused-ring (bicyclic) bond motifs is 1. The lowest BCUT2D eigenvalue weighted by molar-refractivity contribution is 0.0730. The van der Waals surface area contributed by atoms with Gasteiger partial charge in [-0.1, -0.05) is 17.7 Å². The number of carbonyl (C=O) groups excluding carboxylic acids is 2. The summed E-state index contributed by atoms with van der Waals surface area (Å²) in [6, 6.07) is 12.7. The van der Waals surface area contributed by atoms with Crippen molar-refractivity contribution in [1.29, 1.82) is 0 Å². The Balaban J connectivity index is 1.72. The van der Waals surface area contributed by atoms with Gasteiger partial charge in [0.25, 0.3) is 11.8 Å². The molecule has 0 spiro atoms. The van der Waals surface area contributed by atoms with Crippen LogP contribution in [0.4, 0.5) is 5.82 Å². The van der Waals surface area contributed by atoms with Crippen molar-refractivity contribution in [3.63, 3.8) is 0 Å². The first-order chi connectivity index (χ1) is 14.3. The Labute approximate surface area is 175 Å². The smallest absolute Gasteiger partial charge is 0.257 e. The van der Waals surface area contributed by atoms with E-state index in [1.807, 2.05) is 45.0 Å². The predicted molar refractivity (Wildman–Crippen MR) is 114 cm³/mol. The molecule has 7 nitrogen and oxygen atoms in total. The molecule has 1 aliphatic rings. The fraction of sp³-hybridized carbons (Fsp3) is 0.261. The molecule has 0 atom stereocenters. The van der Waals surface area contributed by atoms with Gasteiger partial charge in [-0.2, -0.15) is 5.10 Å². The van der Waals surface area contributed by atoms with Crippen LogP contribution in [0, 0.1) is 6.92 Å². The van der Waals surface area contributed by atoms with Crippen molar-refractivity contribution in [3.8, 4) is 11.5 Å². The number of aromatic nitrogens is 2. The fourth-order valence-corrected chi connectivity index (χ4v) is 3.44. The summed E-state index contributed by atoms with van der Waals surface area (Å²) in [7, 11) is 1.78. The largest absolute Gasteiger partial charge is 0.457 e. The molecule has 30 heavy (non-hydrogen) atoms. The lowest BCUT2D eigenvalue weighted by Crippen LogP contribution is -2.30. The van der Waals surface area contributed by atoms with Crippen molar-refractivity contribution in [2.75, 3.05) is 5.32 Å². The lowest BCUT2D eigenvalue weighted by Gasteiger charge is -2.20. The Bertz CT molecular complexity index is 1120. The molecule has 2 amide bonds. The number of carbonyl (C=O) groups is 2. The first-order valence-corrected chi connectivity index (χ1v) is 9.85. The number of nitrogens with one attached hydrogen (secondary N) is 1. The van der Waals surface area contributed by atoms with Crippen LogP contribution >= 0.6 is 0 Å². The van der Waals surface area contributed by atoms with Gasteiger partial charge in [-0.3, -0.25) is 14.3 Å². The Morgan fingerprint density at radius 2 is 1.90 bits per heavy atom. The van der Waals surface area contributed by atoms with Crippen molar-refractivity contribution in [1.82, 2.24) is 14.7 Å².